The number of carbonyl (C=O) groups excluding carboxylic acids is 1. The lowest BCUT2D eigenvalue weighted by molar-refractivity contribution is -0.111. The highest BCUT2D eigenvalue weighted by molar-refractivity contribution is 6.31. The fraction of sp³-hybridized carbons (Fsp3) is 0.105. The highest BCUT2D eigenvalue weighted by Gasteiger charge is 2.11. The average molecular weight is 383 g/mol. The van der Waals surface area contributed by atoms with E-state index in [1.165, 1.54) is 12.4 Å². The summed E-state index contributed by atoms with van der Waals surface area (Å²) in [6.45, 7) is 1.05. The smallest absolute Gasteiger partial charge is 0.248 e. The van der Waals surface area contributed by atoms with Gasteiger partial charge in [-0.3, -0.25) is 4.79 Å². The van der Waals surface area contributed by atoms with Crippen LogP contribution in [0.4, 0.5) is 5.69 Å². The largest absolute Gasteiger partial charge is 0.486 e. The third-order valence-corrected chi connectivity index (χ3v) is 4.11. The van der Waals surface area contributed by atoms with Crippen molar-refractivity contribution in [3.8, 4) is 17.2 Å². The summed E-state index contributed by atoms with van der Waals surface area (Å²) in [5.74, 6) is 1.08. The number of nitrogens with one attached hydrogen (secondary N) is 1. The monoisotopic (exact) mass is 382 g/mol. The van der Waals surface area contributed by atoms with E-state index >= 15 is 0 Å². The summed E-state index contributed by atoms with van der Waals surface area (Å²) < 4.78 is 12.6. The number of carbonyl (C=O) groups is 1. The molecule has 1 amide bonds. The molecule has 0 atom stereocenters. The Morgan fingerprint density at radius 3 is 2.81 bits per heavy atom. The Hall–Kier alpha value is -3.32. The predicted octanol–water partition coefficient (Wildman–Crippen LogP) is 3.34. The number of ether oxygens (including phenoxy) is 2. The van der Waals surface area contributed by atoms with Crippen LogP contribution in [0.15, 0.2) is 55.1 Å². The van der Waals surface area contributed by atoms with Crippen LogP contribution in [0.3, 0.4) is 0 Å². The minimum absolute atomic E-state index is 0.298. The molecule has 2 aromatic carbocycles. The number of amides is 1. The van der Waals surface area contributed by atoms with Gasteiger partial charge in [-0.1, -0.05) is 17.7 Å². The van der Waals surface area contributed by atoms with Crippen LogP contribution >= 0.6 is 11.6 Å². The van der Waals surface area contributed by atoms with Crippen molar-refractivity contribution < 1.29 is 14.3 Å². The van der Waals surface area contributed by atoms with E-state index in [1.807, 2.05) is 18.2 Å². The fourth-order valence-corrected chi connectivity index (χ4v) is 2.82. The zero-order valence-electron chi connectivity index (χ0n) is 14.1. The zero-order chi connectivity index (χ0) is 18.6. The lowest BCUT2D eigenvalue weighted by atomic mass is 10.1. The molecule has 0 bridgehead atoms. The van der Waals surface area contributed by atoms with Crippen molar-refractivity contribution in [2.75, 3.05) is 18.5 Å². The van der Waals surface area contributed by atoms with Crippen LogP contribution in [-0.2, 0) is 4.79 Å². The van der Waals surface area contributed by atoms with Crippen LogP contribution < -0.4 is 14.8 Å². The van der Waals surface area contributed by atoms with Gasteiger partial charge in [-0.15, -0.1) is 0 Å². The van der Waals surface area contributed by atoms with Gasteiger partial charge in [-0.05, 0) is 42.0 Å². The average Bonchev–Trinajstić information content (AvgIpc) is 3.21. The van der Waals surface area contributed by atoms with E-state index in [4.69, 9.17) is 21.1 Å². The van der Waals surface area contributed by atoms with Gasteiger partial charge in [0.1, 0.15) is 25.9 Å². The lowest BCUT2D eigenvalue weighted by Crippen LogP contribution is -2.15. The van der Waals surface area contributed by atoms with Crippen molar-refractivity contribution in [1.29, 1.82) is 0 Å². The van der Waals surface area contributed by atoms with Gasteiger partial charge >= 0.3 is 0 Å². The maximum absolute atomic E-state index is 12.4. The molecule has 2 heterocycles. The molecule has 8 heteroatoms. The van der Waals surface area contributed by atoms with Crippen LogP contribution in [0.25, 0.3) is 11.8 Å². The van der Waals surface area contributed by atoms with E-state index in [0.717, 1.165) is 5.56 Å². The van der Waals surface area contributed by atoms with Crippen molar-refractivity contribution in [2.45, 2.75) is 0 Å². The van der Waals surface area contributed by atoms with Crippen molar-refractivity contribution in [2.24, 2.45) is 0 Å². The summed E-state index contributed by atoms with van der Waals surface area (Å²) >= 11 is 6.06. The van der Waals surface area contributed by atoms with E-state index in [-0.39, 0.29) is 5.91 Å². The quantitative estimate of drug-likeness (QED) is 0.700. The number of hydrogen-bond acceptors (Lipinski definition) is 5. The third-order valence-electron chi connectivity index (χ3n) is 3.88. The molecule has 1 N–H and O–H groups in total. The van der Waals surface area contributed by atoms with Gasteiger partial charge < -0.3 is 14.8 Å². The second-order valence-corrected chi connectivity index (χ2v) is 6.16. The van der Waals surface area contributed by atoms with E-state index in [0.29, 0.717) is 41.1 Å². The molecule has 7 nitrogen and oxygen atoms in total. The van der Waals surface area contributed by atoms with Gasteiger partial charge in [0, 0.05) is 11.1 Å². The van der Waals surface area contributed by atoms with Crippen LogP contribution in [0.2, 0.25) is 5.02 Å². The lowest BCUT2D eigenvalue weighted by Gasteiger charge is -2.18. The minimum atomic E-state index is -0.298. The van der Waals surface area contributed by atoms with Gasteiger partial charge in [0.05, 0.1) is 11.4 Å². The molecule has 0 spiro atoms. The van der Waals surface area contributed by atoms with Gasteiger partial charge in [-0.25, -0.2) is 9.67 Å². The molecular formula is C19H15ClN4O3. The number of fused-ring (bicyclic) bond motifs is 1. The Morgan fingerprint density at radius 1 is 1.15 bits per heavy atom. The summed E-state index contributed by atoms with van der Waals surface area (Å²) in [5, 5.41) is 7.41. The molecule has 1 aromatic heterocycles. The molecule has 1 aliphatic rings. The first-order valence-electron chi connectivity index (χ1n) is 8.22. The maximum atomic E-state index is 12.4. The minimum Gasteiger partial charge on any atom is -0.486 e. The molecule has 0 saturated carbocycles. The highest BCUT2D eigenvalue weighted by atomic mass is 35.5. The number of hydrogen-bond donors (Lipinski definition) is 1. The molecule has 3 aromatic rings. The topological polar surface area (TPSA) is 78.3 Å². The van der Waals surface area contributed by atoms with Crippen LogP contribution in [-0.4, -0.2) is 33.9 Å². The third kappa shape index (κ3) is 3.93. The zero-order valence-corrected chi connectivity index (χ0v) is 14.9. The second-order valence-electron chi connectivity index (χ2n) is 5.73. The van der Waals surface area contributed by atoms with E-state index in [9.17, 15) is 4.79 Å². The van der Waals surface area contributed by atoms with Crippen molar-refractivity contribution in [3.63, 3.8) is 0 Å². The van der Waals surface area contributed by atoms with Crippen LogP contribution in [0.1, 0.15) is 5.56 Å². The van der Waals surface area contributed by atoms with Crippen LogP contribution in [0.5, 0.6) is 11.5 Å². The summed E-state index contributed by atoms with van der Waals surface area (Å²) in [7, 11) is 0. The number of aromatic nitrogens is 3. The standard InChI is InChI=1S/C19H15ClN4O3/c20-14-3-4-16(24-12-21-11-22-24)15(10-14)23-19(25)6-2-13-1-5-17-18(9-13)27-8-7-26-17/h1-6,9-12H,7-8H2,(H,23,25)/b6-2+. The highest BCUT2D eigenvalue weighted by Crippen LogP contribution is 2.31. The molecule has 136 valence electrons. The Labute approximate surface area is 160 Å². The first-order chi connectivity index (χ1) is 13.2. The molecule has 0 fully saturated rings. The van der Waals surface area contributed by atoms with Gasteiger partial charge in [0.15, 0.2) is 11.5 Å². The molecule has 0 aliphatic carbocycles. The number of rotatable bonds is 4. The van der Waals surface area contributed by atoms with Crippen molar-refractivity contribution in [1.82, 2.24) is 14.8 Å². The molecule has 1 aliphatic heterocycles. The normalized spacial score (nSPS) is 12.9. The maximum Gasteiger partial charge on any atom is 0.248 e. The fourth-order valence-electron chi connectivity index (χ4n) is 2.65. The molecule has 4 rings (SSSR count). The first kappa shape index (κ1) is 17.1. The summed E-state index contributed by atoms with van der Waals surface area (Å²) in [6.07, 6.45) is 6.11. The second kappa shape index (κ2) is 7.51. The number of benzene rings is 2. The summed E-state index contributed by atoms with van der Waals surface area (Å²) in [4.78, 5) is 16.3. The van der Waals surface area contributed by atoms with Crippen LogP contribution in [0, 0.1) is 0 Å². The Bertz CT molecular complexity index is 1000. The van der Waals surface area contributed by atoms with Crippen molar-refractivity contribution >= 4 is 29.3 Å². The summed E-state index contributed by atoms with van der Waals surface area (Å²) in [5.41, 5.74) is 2.03. The predicted molar refractivity (Wildman–Crippen MR) is 101 cm³/mol. The molecule has 0 unspecified atom stereocenters. The van der Waals surface area contributed by atoms with Gasteiger partial charge in [0.25, 0.3) is 0 Å². The number of halogens is 1. The number of nitrogens with zero attached hydrogens (tertiary/aromatic N) is 3. The van der Waals surface area contributed by atoms with Crippen molar-refractivity contribution in [3.05, 3.63) is 65.7 Å². The van der Waals surface area contributed by atoms with Gasteiger partial charge in [-0.2, -0.15) is 5.10 Å². The Balaban J connectivity index is 1.51. The molecular weight excluding hydrogens is 368 g/mol. The summed E-state index contributed by atoms with van der Waals surface area (Å²) in [6, 6.07) is 10.7. The Kier molecular flexibility index (Phi) is 4.76. The van der Waals surface area contributed by atoms with E-state index < -0.39 is 0 Å². The molecule has 0 saturated heterocycles. The number of anilines is 1. The molecule has 27 heavy (non-hydrogen) atoms. The molecule has 0 radical (unpaired) electrons. The SMILES string of the molecule is O=C(/C=C/c1ccc2c(c1)OCCO2)Nc1cc(Cl)ccc1-n1cncn1. The van der Waals surface area contributed by atoms with E-state index in [1.54, 1.807) is 35.3 Å². The first-order valence-corrected chi connectivity index (χ1v) is 8.60. The Morgan fingerprint density at radius 2 is 2.00 bits per heavy atom. The van der Waals surface area contributed by atoms with E-state index in [2.05, 4.69) is 15.4 Å². The van der Waals surface area contributed by atoms with Gasteiger partial charge in [0.2, 0.25) is 5.91 Å².